The largest absolute Gasteiger partial charge is 0.467 e. The van der Waals surface area contributed by atoms with Crippen LogP contribution in [0.4, 0.5) is 11.5 Å². The Kier molecular flexibility index (Phi) is 3.04. The van der Waals surface area contributed by atoms with Crippen molar-refractivity contribution >= 4 is 11.5 Å². The fraction of sp³-hybridized carbons (Fsp3) is 0.182. The lowest BCUT2D eigenvalue weighted by molar-refractivity contribution is -0.384. The molecule has 2 aromatic rings. The molecule has 1 N–H and O–H groups in total. The molecule has 2 heterocycles. The minimum absolute atomic E-state index is 0.00847. The highest BCUT2D eigenvalue weighted by atomic mass is 16.6. The molecule has 1 atom stereocenters. The van der Waals surface area contributed by atoms with Crippen molar-refractivity contribution in [3.8, 4) is 0 Å². The molecule has 0 aliphatic heterocycles. The highest BCUT2D eigenvalue weighted by Crippen LogP contribution is 2.20. The van der Waals surface area contributed by atoms with Crippen LogP contribution in [0.1, 0.15) is 18.7 Å². The summed E-state index contributed by atoms with van der Waals surface area (Å²) in [4.78, 5) is 14.2. The quantitative estimate of drug-likeness (QED) is 0.648. The second kappa shape index (κ2) is 4.65. The normalized spacial score (nSPS) is 12.1. The van der Waals surface area contributed by atoms with Gasteiger partial charge in [-0.15, -0.1) is 0 Å². The standard InChI is InChI=1S/C11H11N3O3/c1-8(10-3-2-6-17-10)13-11-7-9(14(15)16)4-5-12-11/h2-8H,1H3,(H,12,13). The van der Waals surface area contributed by atoms with E-state index >= 15 is 0 Å². The first kappa shape index (κ1) is 11.1. The second-order valence-electron chi connectivity index (χ2n) is 3.54. The molecule has 0 amide bonds. The summed E-state index contributed by atoms with van der Waals surface area (Å²) in [5, 5.41) is 13.6. The molecule has 0 saturated heterocycles. The first-order valence-electron chi connectivity index (χ1n) is 5.07. The van der Waals surface area contributed by atoms with E-state index in [0.29, 0.717) is 5.82 Å². The van der Waals surface area contributed by atoms with E-state index in [1.165, 1.54) is 18.3 Å². The Labute approximate surface area is 97.4 Å². The molecule has 0 spiro atoms. The van der Waals surface area contributed by atoms with Gasteiger partial charge in [-0.1, -0.05) is 0 Å². The van der Waals surface area contributed by atoms with Crippen molar-refractivity contribution in [1.82, 2.24) is 4.98 Å². The van der Waals surface area contributed by atoms with Crippen LogP contribution in [0.3, 0.4) is 0 Å². The molecule has 2 aromatic heterocycles. The lowest BCUT2D eigenvalue weighted by atomic mass is 10.2. The molecular formula is C11H11N3O3. The SMILES string of the molecule is CC(Nc1cc([N+](=O)[O-])ccn1)c1ccco1. The van der Waals surface area contributed by atoms with Gasteiger partial charge in [0, 0.05) is 12.3 Å². The fourth-order valence-corrected chi connectivity index (χ4v) is 1.44. The monoisotopic (exact) mass is 233 g/mol. The average molecular weight is 233 g/mol. The number of anilines is 1. The number of rotatable bonds is 4. The van der Waals surface area contributed by atoms with E-state index < -0.39 is 4.92 Å². The summed E-state index contributed by atoms with van der Waals surface area (Å²) < 4.78 is 5.22. The minimum Gasteiger partial charge on any atom is -0.467 e. The summed E-state index contributed by atoms with van der Waals surface area (Å²) in [6.45, 7) is 1.89. The molecule has 0 aliphatic rings. The first-order chi connectivity index (χ1) is 8.16. The molecule has 6 nitrogen and oxygen atoms in total. The Morgan fingerprint density at radius 2 is 2.35 bits per heavy atom. The molecular weight excluding hydrogens is 222 g/mol. The van der Waals surface area contributed by atoms with E-state index in [2.05, 4.69) is 10.3 Å². The molecule has 6 heteroatoms. The number of nitrogens with zero attached hydrogens (tertiary/aromatic N) is 2. The molecule has 0 radical (unpaired) electrons. The second-order valence-corrected chi connectivity index (χ2v) is 3.54. The highest BCUT2D eigenvalue weighted by Gasteiger charge is 2.11. The Bertz CT molecular complexity index is 510. The third-order valence-corrected chi connectivity index (χ3v) is 2.29. The summed E-state index contributed by atoms with van der Waals surface area (Å²) in [5.74, 6) is 1.20. The molecule has 17 heavy (non-hydrogen) atoms. The van der Waals surface area contributed by atoms with Crippen LogP contribution in [0, 0.1) is 10.1 Å². The van der Waals surface area contributed by atoms with Gasteiger partial charge in [-0.25, -0.2) is 4.98 Å². The van der Waals surface area contributed by atoms with Crippen LogP contribution in [0.2, 0.25) is 0 Å². The van der Waals surface area contributed by atoms with Gasteiger partial charge >= 0.3 is 0 Å². The molecule has 2 rings (SSSR count). The molecule has 0 fully saturated rings. The molecule has 0 aliphatic carbocycles. The van der Waals surface area contributed by atoms with E-state index in [9.17, 15) is 10.1 Å². The van der Waals surface area contributed by atoms with E-state index in [1.807, 2.05) is 13.0 Å². The van der Waals surface area contributed by atoms with Crippen molar-refractivity contribution < 1.29 is 9.34 Å². The molecule has 0 saturated carbocycles. The summed E-state index contributed by atoms with van der Waals surface area (Å²) in [7, 11) is 0. The van der Waals surface area contributed by atoms with Crippen LogP contribution in [-0.2, 0) is 0 Å². The third-order valence-electron chi connectivity index (χ3n) is 2.29. The summed E-state index contributed by atoms with van der Waals surface area (Å²) in [6, 6.07) is 6.26. The smallest absolute Gasteiger partial charge is 0.274 e. The average Bonchev–Trinajstić information content (AvgIpc) is 2.82. The minimum atomic E-state index is -0.454. The number of pyridine rings is 1. The number of furan rings is 1. The van der Waals surface area contributed by atoms with Crippen molar-refractivity contribution in [3.05, 3.63) is 52.6 Å². The first-order valence-corrected chi connectivity index (χ1v) is 5.07. The summed E-state index contributed by atoms with van der Waals surface area (Å²) in [5.41, 5.74) is 0.00847. The predicted octanol–water partition coefficient (Wildman–Crippen LogP) is 2.76. The van der Waals surface area contributed by atoms with Crippen molar-refractivity contribution in [3.63, 3.8) is 0 Å². The van der Waals surface area contributed by atoms with Crippen molar-refractivity contribution in [1.29, 1.82) is 0 Å². The van der Waals surface area contributed by atoms with Crippen LogP contribution in [-0.4, -0.2) is 9.91 Å². The maximum atomic E-state index is 10.6. The van der Waals surface area contributed by atoms with E-state index in [4.69, 9.17) is 4.42 Å². The Balaban J connectivity index is 2.13. The highest BCUT2D eigenvalue weighted by molar-refractivity contribution is 5.45. The van der Waals surface area contributed by atoms with Crippen LogP contribution in [0.5, 0.6) is 0 Å². The molecule has 0 bridgehead atoms. The van der Waals surface area contributed by atoms with E-state index in [0.717, 1.165) is 5.76 Å². The topological polar surface area (TPSA) is 81.2 Å². The van der Waals surface area contributed by atoms with Crippen LogP contribution >= 0.6 is 0 Å². The molecule has 1 unspecified atom stereocenters. The van der Waals surface area contributed by atoms with Crippen molar-refractivity contribution in [2.45, 2.75) is 13.0 Å². The zero-order valence-electron chi connectivity index (χ0n) is 9.16. The Morgan fingerprint density at radius 1 is 1.53 bits per heavy atom. The maximum Gasteiger partial charge on any atom is 0.274 e. The van der Waals surface area contributed by atoms with Gasteiger partial charge in [0.05, 0.1) is 23.3 Å². The Hall–Kier alpha value is -2.37. The van der Waals surface area contributed by atoms with Gasteiger partial charge in [0.1, 0.15) is 11.6 Å². The van der Waals surface area contributed by atoms with Gasteiger partial charge in [0.15, 0.2) is 0 Å². The van der Waals surface area contributed by atoms with Gasteiger partial charge in [0.25, 0.3) is 5.69 Å². The predicted molar refractivity (Wildman–Crippen MR) is 61.6 cm³/mol. The third kappa shape index (κ3) is 2.60. The van der Waals surface area contributed by atoms with Crippen LogP contribution in [0.15, 0.2) is 41.1 Å². The lowest BCUT2D eigenvalue weighted by Crippen LogP contribution is -2.07. The van der Waals surface area contributed by atoms with Crippen molar-refractivity contribution in [2.75, 3.05) is 5.32 Å². The molecule has 88 valence electrons. The van der Waals surface area contributed by atoms with E-state index in [1.54, 1.807) is 12.3 Å². The maximum absolute atomic E-state index is 10.6. The number of hydrogen-bond acceptors (Lipinski definition) is 5. The number of nitro groups is 1. The van der Waals surface area contributed by atoms with Crippen LogP contribution < -0.4 is 5.32 Å². The van der Waals surface area contributed by atoms with Gasteiger partial charge in [-0.2, -0.15) is 0 Å². The fourth-order valence-electron chi connectivity index (χ4n) is 1.44. The number of aromatic nitrogens is 1. The summed E-state index contributed by atoms with van der Waals surface area (Å²) >= 11 is 0. The summed E-state index contributed by atoms with van der Waals surface area (Å²) in [6.07, 6.45) is 2.98. The van der Waals surface area contributed by atoms with Gasteiger partial charge < -0.3 is 9.73 Å². The van der Waals surface area contributed by atoms with Gasteiger partial charge in [-0.3, -0.25) is 10.1 Å². The van der Waals surface area contributed by atoms with Crippen molar-refractivity contribution in [2.24, 2.45) is 0 Å². The number of hydrogen-bond donors (Lipinski definition) is 1. The van der Waals surface area contributed by atoms with Gasteiger partial charge in [-0.05, 0) is 19.1 Å². The Morgan fingerprint density at radius 3 is 3.00 bits per heavy atom. The molecule has 0 aromatic carbocycles. The van der Waals surface area contributed by atoms with Gasteiger partial charge in [0.2, 0.25) is 0 Å². The zero-order valence-corrected chi connectivity index (χ0v) is 9.16. The van der Waals surface area contributed by atoms with E-state index in [-0.39, 0.29) is 11.7 Å². The number of nitrogens with one attached hydrogen (secondary N) is 1. The lowest BCUT2D eigenvalue weighted by Gasteiger charge is -2.11. The van der Waals surface area contributed by atoms with Crippen LogP contribution in [0.25, 0.3) is 0 Å². The zero-order chi connectivity index (χ0) is 12.3.